The molecule has 0 spiro atoms. The van der Waals surface area contributed by atoms with E-state index in [1.54, 1.807) is 20.8 Å². The first-order valence-electron chi connectivity index (χ1n) is 11.4. The average Bonchev–Trinajstić information content (AvgIpc) is 3.15. The van der Waals surface area contributed by atoms with E-state index < -0.39 is 37.3 Å². The molecule has 0 aliphatic heterocycles. The molecular formula is C23H37N4O5P. The first-order chi connectivity index (χ1) is 15.6. The van der Waals surface area contributed by atoms with Crippen molar-refractivity contribution in [1.82, 2.24) is 15.6 Å². The predicted molar refractivity (Wildman–Crippen MR) is 130 cm³/mol. The molecule has 3 atom stereocenters. The van der Waals surface area contributed by atoms with E-state index in [0.717, 1.165) is 16.5 Å². The highest BCUT2D eigenvalue weighted by Crippen LogP contribution is 2.53. The fraction of sp³-hybridized carbons (Fsp3) is 0.565. The standard InChI is InChI=1S/C23H37N4O5P/c1-6-31-33(30,32-7-2)21(13-17-14-25-19-11-9-8-10-18(17)19)27-23(29)20(12-15(3)4)26-22(28)16(5)24/h8-11,14-16,20-21,25H,6-7,12-13,24H2,1-5H3,(H,26,28)(H,27,29)/t16-,20+,21-/m1/s1. The molecule has 9 nitrogen and oxygen atoms in total. The Labute approximate surface area is 195 Å². The minimum Gasteiger partial charge on any atom is -0.361 e. The highest BCUT2D eigenvalue weighted by molar-refractivity contribution is 7.54. The number of nitrogens with two attached hydrogens (primary N) is 1. The molecule has 5 N–H and O–H groups in total. The second-order valence-corrected chi connectivity index (χ2v) is 10.7. The minimum absolute atomic E-state index is 0.131. The fourth-order valence-electron chi connectivity index (χ4n) is 3.60. The Hall–Kier alpha value is -2.19. The number of fused-ring (bicyclic) bond motifs is 1. The van der Waals surface area contributed by atoms with Gasteiger partial charge in [0.15, 0.2) is 0 Å². The van der Waals surface area contributed by atoms with E-state index in [2.05, 4.69) is 15.6 Å². The van der Waals surface area contributed by atoms with Crippen molar-refractivity contribution in [2.24, 2.45) is 11.7 Å². The smallest absolute Gasteiger partial charge is 0.353 e. The van der Waals surface area contributed by atoms with E-state index in [4.69, 9.17) is 14.8 Å². The first kappa shape index (κ1) is 27.1. The molecule has 10 heteroatoms. The monoisotopic (exact) mass is 480 g/mol. The molecule has 0 fully saturated rings. The van der Waals surface area contributed by atoms with Crippen LogP contribution in [0.25, 0.3) is 10.9 Å². The molecule has 1 aromatic carbocycles. The summed E-state index contributed by atoms with van der Waals surface area (Å²) < 4.78 is 24.9. The summed E-state index contributed by atoms with van der Waals surface area (Å²) in [5.74, 6) is -1.69. The number of amides is 2. The van der Waals surface area contributed by atoms with Gasteiger partial charge in [0.25, 0.3) is 0 Å². The molecule has 1 heterocycles. The molecule has 0 radical (unpaired) electrons. The van der Waals surface area contributed by atoms with E-state index in [0.29, 0.717) is 6.42 Å². The van der Waals surface area contributed by atoms with Crippen LogP contribution in [0, 0.1) is 5.92 Å². The third-order valence-electron chi connectivity index (χ3n) is 5.15. The number of carbonyl (C=O) groups excluding carboxylic acids is 2. The highest BCUT2D eigenvalue weighted by Gasteiger charge is 2.39. The number of para-hydroxylation sites is 1. The van der Waals surface area contributed by atoms with Crippen molar-refractivity contribution in [2.75, 3.05) is 13.2 Å². The lowest BCUT2D eigenvalue weighted by Gasteiger charge is -2.29. The Morgan fingerprint density at radius 1 is 1.06 bits per heavy atom. The third kappa shape index (κ3) is 7.40. The summed E-state index contributed by atoms with van der Waals surface area (Å²) in [6.45, 7) is 9.22. The molecule has 2 amide bonds. The van der Waals surface area contributed by atoms with Gasteiger partial charge in [-0.3, -0.25) is 14.2 Å². The van der Waals surface area contributed by atoms with Crippen molar-refractivity contribution >= 4 is 30.3 Å². The Morgan fingerprint density at radius 2 is 1.70 bits per heavy atom. The van der Waals surface area contributed by atoms with Gasteiger partial charge in [-0.15, -0.1) is 0 Å². The third-order valence-corrected chi connectivity index (χ3v) is 7.46. The van der Waals surface area contributed by atoms with Crippen LogP contribution >= 0.6 is 7.60 Å². The van der Waals surface area contributed by atoms with Gasteiger partial charge in [0.2, 0.25) is 11.8 Å². The van der Waals surface area contributed by atoms with E-state index in [9.17, 15) is 14.2 Å². The minimum atomic E-state index is -3.71. The van der Waals surface area contributed by atoms with Gasteiger partial charge in [-0.1, -0.05) is 32.0 Å². The number of benzene rings is 1. The molecule has 0 saturated heterocycles. The van der Waals surface area contributed by atoms with Gasteiger partial charge >= 0.3 is 7.60 Å². The lowest BCUT2D eigenvalue weighted by atomic mass is 10.0. The van der Waals surface area contributed by atoms with E-state index in [-0.39, 0.29) is 25.6 Å². The molecular weight excluding hydrogens is 443 g/mol. The number of aromatic amines is 1. The summed E-state index contributed by atoms with van der Waals surface area (Å²) in [7, 11) is -3.71. The predicted octanol–water partition coefficient (Wildman–Crippen LogP) is 3.30. The van der Waals surface area contributed by atoms with Crippen molar-refractivity contribution in [2.45, 2.75) is 65.3 Å². The molecule has 0 aliphatic rings. The Balaban J connectivity index is 2.37. The van der Waals surface area contributed by atoms with Crippen LogP contribution in [0.4, 0.5) is 0 Å². The van der Waals surface area contributed by atoms with Gasteiger partial charge in [-0.2, -0.15) is 0 Å². The quantitative estimate of drug-likeness (QED) is 0.325. The summed E-state index contributed by atoms with van der Waals surface area (Å²) in [5, 5.41) is 6.52. The summed E-state index contributed by atoms with van der Waals surface area (Å²) >= 11 is 0. The molecule has 2 rings (SSSR count). The van der Waals surface area contributed by atoms with Gasteiger partial charge in [0, 0.05) is 23.5 Å². The molecule has 33 heavy (non-hydrogen) atoms. The second-order valence-electron chi connectivity index (χ2n) is 8.44. The SMILES string of the molecule is CCOP(=O)(OCC)[C@H](Cc1c[nH]c2ccccc12)NC(=O)[C@H](CC(C)C)NC(=O)[C@@H](C)N. The van der Waals surface area contributed by atoms with Gasteiger partial charge in [0.1, 0.15) is 11.8 Å². The summed E-state index contributed by atoms with van der Waals surface area (Å²) in [4.78, 5) is 28.7. The average molecular weight is 481 g/mol. The zero-order valence-electron chi connectivity index (χ0n) is 20.1. The molecule has 0 bridgehead atoms. The van der Waals surface area contributed by atoms with E-state index in [1.165, 1.54) is 0 Å². The lowest BCUT2D eigenvalue weighted by Crippen LogP contribution is -2.53. The van der Waals surface area contributed by atoms with E-state index >= 15 is 0 Å². The number of rotatable bonds is 13. The summed E-state index contributed by atoms with van der Waals surface area (Å²) in [6.07, 6.45) is 2.45. The van der Waals surface area contributed by atoms with Crippen LogP contribution in [0.5, 0.6) is 0 Å². The van der Waals surface area contributed by atoms with Gasteiger partial charge < -0.3 is 30.4 Å². The van der Waals surface area contributed by atoms with Gasteiger partial charge in [0.05, 0.1) is 19.3 Å². The normalized spacial score (nSPS) is 14.8. The van der Waals surface area contributed by atoms with E-state index in [1.807, 2.05) is 44.3 Å². The van der Waals surface area contributed by atoms with Crippen molar-refractivity contribution < 1.29 is 23.2 Å². The maximum atomic E-state index is 13.7. The van der Waals surface area contributed by atoms with Crippen molar-refractivity contribution in [1.29, 1.82) is 0 Å². The molecule has 0 aliphatic carbocycles. The maximum absolute atomic E-state index is 13.7. The number of hydrogen-bond donors (Lipinski definition) is 4. The zero-order valence-corrected chi connectivity index (χ0v) is 21.0. The number of nitrogens with one attached hydrogen (secondary N) is 3. The zero-order chi connectivity index (χ0) is 24.6. The van der Waals surface area contributed by atoms with Crippen LogP contribution < -0.4 is 16.4 Å². The fourth-order valence-corrected chi connectivity index (χ4v) is 5.46. The van der Waals surface area contributed by atoms with Crippen LogP contribution in [0.2, 0.25) is 0 Å². The number of H-pyrrole nitrogens is 1. The molecule has 0 saturated carbocycles. The maximum Gasteiger partial charge on any atom is 0.353 e. The first-order valence-corrected chi connectivity index (χ1v) is 13.0. The van der Waals surface area contributed by atoms with Crippen LogP contribution in [0.1, 0.15) is 46.6 Å². The summed E-state index contributed by atoms with van der Waals surface area (Å²) in [5.41, 5.74) is 7.48. The largest absolute Gasteiger partial charge is 0.361 e. The molecule has 184 valence electrons. The van der Waals surface area contributed by atoms with Crippen molar-refractivity contribution in [3.05, 3.63) is 36.0 Å². The summed E-state index contributed by atoms with van der Waals surface area (Å²) in [6, 6.07) is 6.15. The molecule has 2 aromatic rings. The lowest BCUT2D eigenvalue weighted by molar-refractivity contribution is -0.130. The Morgan fingerprint density at radius 3 is 2.27 bits per heavy atom. The number of hydrogen-bond acceptors (Lipinski definition) is 6. The van der Waals surface area contributed by atoms with Gasteiger partial charge in [-0.05, 0) is 44.7 Å². The number of aromatic nitrogens is 1. The Bertz CT molecular complexity index is 965. The number of carbonyl (C=O) groups is 2. The van der Waals surface area contributed by atoms with Crippen molar-refractivity contribution in [3.8, 4) is 0 Å². The van der Waals surface area contributed by atoms with Gasteiger partial charge in [-0.25, -0.2) is 0 Å². The Kier molecular flexibility index (Phi) is 10.1. The van der Waals surface area contributed by atoms with Crippen LogP contribution in [-0.2, 0) is 29.6 Å². The highest BCUT2D eigenvalue weighted by atomic mass is 31.2. The molecule has 1 aromatic heterocycles. The second kappa shape index (κ2) is 12.3. The van der Waals surface area contributed by atoms with Crippen LogP contribution in [0.3, 0.4) is 0 Å². The van der Waals surface area contributed by atoms with Crippen LogP contribution in [0.15, 0.2) is 30.5 Å². The molecule has 0 unspecified atom stereocenters. The van der Waals surface area contributed by atoms with Crippen LogP contribution in [-0.4, -0.2) is 47.9 Å². The van der Waals surface area contributed by atoms with Crippen molar-refractivity contribution in [3.63, 3.8) is 0 Å². The topological polar surface area (TPSA) is 136 Å².